The highest BCUT2D eigenvalue weighted by Crippen LogP contribution is 2.15. The highest BCUT2D eigenvalue weighted by molar-refractivity contribution is 9.10. The van der Waals surface area contributed by atoms with Crippen molar-refractivity contribution in [1.82, 2.24) is 9.47 Å². The van der Waals surface area contributed by atoms with E-state index in [1.165, 1.54) is 5.56 Å². The molecule has 0 spiro atoms. The smallest absolute Gasteiger partial charge is 0.220 e. The molecule has 0 saturated heterocycles. The Kier molecular flexibility index (Phi) is 5.71. The molecule has 0 unspecified atom stereocenters. The number of aromatic nitrogens is 1. The summed E-state index contributed by atoms with van der Waals surface area (Å²) in [7, 11) is 0. The Hall–Kier alpha value is -2.33. The lowest BCUT2D eigenvalue weighted by Crippen LogP contribution is -2.28. The van der Waals surface area contributed by atoms with Crippen molar-refractivity contribution in [3.8, 4) is 0 Å². The third-order valence-electron chi connectivity index (χ3n) is 4.20. The van der Waals surface area contributed by atoms with Gasteiger partial charge in [-0.2, -0.15) is 0 Å². The van der Waals surface area contributed by atoms with Crippen molar-refractivity contribution in [3.05, 3.63) is 94.2 Å². The fourth-order valence-electron chi connectivity index (χ4n) is 2.81. The van der Waals surface area contributed by atoms with Crippen LogP contribution >= 0.6 is 15.9 Å². The van der Waals surface area contributed by atoms with E-state index in [0.29, 0.717) is 13.1 Å². The molecule has 1 heterocycles. The summed E-state index contributed by atoms with van der Waals surface area (Å²) < 4.78 is 3.28. The van der Waals surface area contributed by atoms with Crippen LogP contribution in [0.15, 0.2) is 77.4 Å². The molecule has 3 aromatic rings. The minimum atomic E-state index is 0.0836. The summed E-state index contributed by atoms with van der Waals surface area (Å²) in [6.07, 6.45) is 2.07. The first-order valence-corrected chi connectivity index (χ1v) is 9.09. The summed E-state index contributed by atoms with van der Waals surface area (Å²) in [5.74, 6) is 0.0836. The van der Waals surface area contributed by atoms with Crippen LogP contribution in [-0.2, 0) is 24.4 Å². The van der Waals surface area contributed by atoms with E-state index in [-0.39, 0.29) is 5.91 Å². The quantitative estimate of drug-likeness (QED) is 0.584. The zero-order valence-electron chi connectivity index (χ0n) is 14.2. The van der Waals surface area contributed by atoms with Crippen molar-refractivity contribution in [2.45, 2.75) is 26.6 Å². The Balaban J connectivity index is 1.73. The lowest BCUT2D eigenvalue weighted by molar-refractivity contribution is -0.130. The van der Waals surface area contributed by atoms with Gasteiger partial charge in [-0.1, -0.05) is 58.4 Å². The Morgan fingerprint density at radius 1 is 0.920 bits per heavy atom. The van der Waals surface area contributed by atoms with E-state index < -0.39 is 0 Å². The molecule has 0 radical (unpaired) electrons. The van der Waals surface area contributed by atoms with Crippen molar-refractivity contribution >= 4 is 21.8 Å². The third kappa shape index (κ3) is 4.83. The van der Waals surface area contributed by atoms with Crippen molar-refractivity contribution < 1.29 is 4.79 Å². The second-order valence-corrected chi connectivity index (χ2v) is 7.03. The number of carbonyl (C=O) groups excluding carboxylic acids is 1. The van der Waals surface area contributed by atoms with E-state index in [4.69, 9.17) is 0 Å². The van der Waals surface area contributed by atoms with Crippen LogP contribution in [0.3, 0.4) is 0 Å². The van der Waals surface area contributed by atoms with Crippen LogP contribution in [0.5, 0.6) is 0 Å². The summed E-state index contributed by atoms with van der Waals surface area (Å²) in [5.41, 5.74) is 3.51. The molecule has 25 heavy (non-hydrogen) atoms. The highest BCUT2D eigenvalue weighted by atomic mass is 79.9. The molecule has 0 atom stereocenters. The van der Waals surface area contributed by atoms with Gasteiger partial charge in [0.25, 0.3) is 0 Å². The van der Waals surface area contributed by atoms with Gasteiger partial charge in [0.15, 0.2) is 0 Å². The molecule has 0 bridgehead atoms. The number of carbonyl (C=O) groups is 1. The van der Waals surface area contributed by atoms with E-state index in [1.54, 1.807) is 6.92 Å². The molecule has 3 nitrogen and oxygen atoms in total. The normalized spacial score (nSPS) is 10.6. The number of benzene rings is 2. The Morgan fingerprint density at radius 3 is 2.32 bits per heavy atom. The molecule has 0 saturated carbocycles. The number of nitrogens with zero attached hydrogens (tertiary/aromatic N) is 2. The lowest BCUT2D eigenvalue weighted by Gasteiger charge is -2.22. The second-order valence-electron chi connectivity index (χ2n) is 6.11. The SMILES string of the molecule is CC(=O)N(Cc1ccccc1)Cc1cccn1Cc1ccc(Br)cc1. The first kappa shape index (κ1) is 17.5. The van der Waals surface area contributed by atoms with Crippen molar-refractivity contribution in [3.63, 3.8) is 0 Å². The van der Waals surface area contributed by atoms with Crippen LogP contribution in [0.1, 0.15) is 23.7 Å². The van der Waals surface area contributed by atoms with E-state index in [1.807, 2.05) is 29.2 Å². The van der Waals surface area contributed by atoms with Crippen LogP contribution in [-0.4, -0.2) is 15.4 Å². The zero-order chi connectivity index (χ0) is 17.6. The van der Waals surface area contributed by atoms with Crippen LogP contribution in [0.4, 0.5) is 0 Å². The topological polar surface area (TPSA) is 25.2 Å². The number of amides is 1. The molecule has 128 valence electrons. The number of hydrogen-bond acceptors (Lipinski definition) is 1. The average Bonchev–Trinajstić information content (AvgIpc) is 3.04. The molecule has 0 aliphatic rings. The van der Waals surface area contributed by atoms with Crippen LogP contribution in [0, 0.1) is 0 Å². The van der Waals surface area contributed by atoms with Gasteiger partial charge in [-0.15, -0.1) is 0 Å². The van der Waals surface area contributed by atoms with Crippen molar-refractivity contribution in [1.29, 1.82) is 0 Å². The summed E-state index contributed by atoms with van der Waals surface area (Å²) in [4.78, 5) is 14.0. The van der Waals surface area contributed by atoms with Crippen LogP contribution in [0.25, 0.3) is 0 Å². The van der Waals surface area contributed by atoms with Crippen molar-refractivity contribution in [2.24, 2.45) is 0 Å². The molecule has 3 rings (SSSR count). The van der Waals surface area contributed by atoms with Gasteiger partial charge in [0.2, 0.25) is 5.91 Å². The van der Waals surface area contributed by atoms with E-state index in [9.17, 15) is 4.79 Å². The first-order chi connectivity index (χ1) is 12.1. The monoisotopic (exact) mass is 396 g/mol. The minimum absolute atomic E-state index is 0.0836. The highest BCUT2D eigenvalue weighted by Gasteiger charge is 2.12. The number of hydrogen-bond donors (Lipinski definition) is 0. The number of rotatable bonds is 6. The van der Waals surface area contributed by atoms with Gasteiger partial charge < -0.3 is 9.47 Å². The maximum atomic E-state index is 12.1. The summed E-state index contributed by atoms with van der Waals surface area (Å²) in [6, 6.07) is 22.5. The van der Waals surface area contributed by atoms with Gasteiger partial charge in [0.05, 0.1) is 6.54 Å². The molecule has 0 aliphatic carbocycles. The van der Waals surface area contributed by atoms with Crippen molar-refractivity contribution in [2.75, 3.05) is 0 Å². The molecular formula is C21H21BrN2O. The molecule has 0 aliphatic heterocycles. The molecule has 0 N–H and O–H groups in total. The van der Waals surface area contributed by atoms with Gasteiger partial charge in [-0.05, 0) is 35.4 Å². The number of halogens is 1. The predicted octanol–water partition coefficient (Wildman–Crippen LogP) is 4.85. The molecule has 1 amide bonds. The van der Waals surface area contributed by atoms with E-state index in [0.717, 1.165) is 22.3 Å². The van der Waals surface area contributed by atoms with Gasteiger partial charge >= 0.3 is 0 Å². The largest absolute Gasteiger partial charge is 0.345 e. The maximum Gasteiger partial charge on any atom is 0.220 e. The van der Waals surface area contributed by atoms with Crippen LogP contribution in [0.2, 0.25) is 0 Å². The zero-order valence-corrected chi connectivity index (χ0v) is 15.8. The summed E-state index contributed by atoms with van der Waals surface area (Å²) >= 11 is 3.47. The fourth-order valence-corrected chi connectivity index (χ4v) is 3.08. The van der Waals surface area contributed by atoms with Gasteiger partial charge in [0, 0.05) is 36.4 Å². The average molecular weight is 397 g/mol. The van der Waals surface area contributed by atoms with Gasteiger partial charge in [-0.3, -0.25) is 4.79 Å². The predicted molar refractivity (Wildman–Crippen MR) is 104 cm³/mol. The fraction of sp³-hybridized carbons (Fsp3) is 0.190. The molecule has 1 aromatic heterocycles. The summed E-state index contributed by atoms with van der Waals surface area (Å²) in [6.45, 7) is 3.66. The molecule has 2 aromatic carbocycles. The van der Waals surface area contributed by atoms with Gasteiger partial charge in [0.1, 0.15) is 0 Å². The minimum Gasteiger partial charge on any atom is -0.345 e. The van der Waals surface area contributed by atoms with E-state index >= 15 is 0 Å². The Bertz CT molecular complexity index is 825. The summed E-state index contributed by atoms with van der Waals surface area (Å²) in [5, 5.41) is 0. The lowest BCUT2D eigenvalue weighted by atomic mass is 10.2. The molecule has 0 fully saturated rings. The Labute approximate surface area is 157 Å². The molecular weight excluding hydrogens is 376 g/mol. The standard InChI is InChI=1S/C21H21BrN2O/c1-17(25)24(15-18-6-3-2-4-7-18)16-21-8-5-13-23(21)14-19-9-11-20(22)12-10-19/h2-13H,14-16H2,1H3. The van der Waals surface area contributed by atoms with E-state index in [2.05, 4.69) is 69.2 Å². The first-order valence-electron chi connectivity index (χ1n) is 8.30. The van der Waals surface area contributed by atoms with Crippen LogP contribution < -0.4 is 0 Å². The second kappa shape index (κ2) is 8.17. The van der Waals surface area contributed by atoms with Gasteiger partial charge in [-0.25, -0.2) is 0 Å². The third-order valence-corrected chi connectivity index (χ3v) is 4.73. The molecule has 4 heteroatoms. The maximum absolute atomic E-state index is 12.1. The Morgan fingerprint density at radius 2 is 1.64 bits per heavy atom.